The third kappa shape index (κ3) is 3.01. The van der Waals surface area contributed by atoms with Crippen LogP contribution in [0.3, 0.4) is 0 Å². The van der Waals surface area contributed by atoms with Gasteiger partial charge in [-0.05, 0) is 46.5 Å². The molecule has 0 bridgehead atoms. The first-order chi connectivity index (χ1) is 8.61. The van der Waals surface area contributed by atoms with Crippen molar-refractivity contribution in [1.82, 2.24) is 5.43 Å². The van der Waals surface area contributed by atoms with Crippen molar-refractivity contribution in [3.63, 3.8) is 0 Å². The number of carbonyl (C=O) groups is 1. The number of methoxy groups -OCH3 is 1. The number of nitrogens with zero attached hydrogens (tertiary/aromatic N) is 1. The van der Waals surface area contributed by atoms with E-state index in [1.54, 1.807) is 12.1 Å². The molecule has 1 fully saturated rings. The number of hydrogen-bond donors (Lipinski definition) is 2. The molecule has 6 heteroatoms. The van der Waals surface area contributed by atoms with Crippen LogP contribution in [0, 0.1) is 5.92 Å². The molecule has 2 rings (SSSR count). The minimum absolute atomic E-state index is 0.0386. The van der Waals surface area contributed by atoms with Crippen LogP contribution in [-0.4, -0.2) is 24.3 Å². The summed E-state index contributed by atoms with van der Waals surface area (Å²) in [6.07, 6.45) is 3.40. The molecule has 18 heavy (non-hydrogen) atoms. The molecule has 5 nitrogen and oxygen atoms in total. The van der Waals surface area contributed by atoms with E-state index in [9.17, 15) is 9.90 Å². The maximum absolute atomic E-state index is 11.3. The number of amides is 1. The third-order valence-corrected chi connectivity index (χ3v) is 3.21. The van der Waals surface area contributed by atoms with E-state index in [4.69, 9.17) is 4.74 Å². The average molecular weight is 313 g/mol. The molecule has 96 valence electrons. The molecule has 1 aromatic carbocycles. The summed E-state index contributed by atoms with van der Waals surface area (Å²) in [4.78, 5) is 11.3. The van der Waals surface area contributed by atoms with Crippen LogP contribution in [0.2, 0.25) is 0 Å². The summed E-state index contributed by atoms with van der Waals surface area (Å²) in [5.74, 6) is 0.468. The van der Waals surface area contributed by atoms with Crippen molar-refractivity contribution in [2.24, 2.45) is 11.0 Å². The number of benzene rings is 1. The predicted octanol–water partition coefficient (Wildman–Crippen LogP) is 2.02. The molecule has 0 spiro atoms. The van der Waals surface area contributed by atoms with E-state index in [0.717, 1.165) is 12.8 Å². The number of hydrazone groups is 1. The Bertz CT molecular complexity index is 498. The van der Waals surface area contributed by atoms with Gasteiger partial charge in [-0.2, -0.15) is 5.10 Å². The number of halogens is 1. The molecule has 0 aromatic heterocycles. The Balaban J connectivity index is 2.06. The van der Waals surface area contributed by atoms with E-state index < -0.39 is 0 Å². The van der Waals surface area contributed by atoms with Gasteiger partial charge >= 0.3 is 0 Å². The Morgan fingerprint density at radius 2 is 2.33 bits per heavy atom. The zero-order valence-corrected chi connectivity index (χ0v) is 11.4. The first-order valence-corrected chi connectivity index (χ1v) is 6.30. The van der Waals surface area contributed by atoms with Gasteiger partial charge in [0.1, 0.15) is 0 Å². The van der Waals surface area contributed by atoms with E-state index >= 15 is 0 Å². The number of ether oxygens (including phenoxy) is 1. The van der Waals surface area contributed by atoms with E-state index in [-0.39, 0.29) is 17.6 Å². The first kappa shape index (κ1) is 12.9. The molecule has 2 N–H and O–H groups in total. The van der Waals surface area contributed by atoms with Crippen molar-refractivity contribution in [3.8, 4) is 11.5 Å². The van der Waals surface area contributed by atoms with E-state index in [2.05, 4.69) is 26.5 Å². The number of aromatic hydroxyl groups is 1. The Labute approximate surface area is 113 Å². The standard InChI is InChI=1S/C12H13BrN2O3/c1-18-10-5-7(4-9(13)11(10)16)6-14-15-12(17)8-2-3-8/h4-6,8,16H,2-3H2,1H3,(H,15,17)/b14-6+. The molecular weight excluding hydrogens is 300 g/mol. The highest BCUT2D eigenvalue weighted by molar-refractivity contribution is 9.10. The van der Waals surface area contributed by atoms with Crippen LogP contribution in [0.5, 0.6) is 11.5 Å². The topological polar surface area (TPSA) is 70.9 Å². The summed E-state index contributed by atoms with van der Waals surface area (Å²) in [5, 5.41) is 13.5. The van der Waals surface area contributed by atoms with Crippen molar-refractivity contribution in [3.05, 3.63) is 22.2 Å². The molecule has 1 amide bonds. The fourth-order valence-electron chi connectivity index (χ4n) is 1.43. The number of rotatable bonds is 4. The highest BCUT2D eigenvalue weighted by atomic mass is 79.9. The summed E-state index contributed by atoms with van der Waals surface area (Å²) in [7, 11) is 1.47. The number of nitrogens with one attached hydrogen (secondary N) is 1. The lowest BCUT2D eigenvalue weighted by molar-refractivity contribution is -0.122. The lowest BCUT2D eigenvalue weighted by Gasteiger charge is -2.06. The molecule has 1 aliphatic rings. The van der Waals surface area contributed by atoms with Crippen LogP contribution in [-0.2, 0) is 4.79 Å². The van der Waals surface area contributed by atoms with Gasteiger partial charge in [-0.25, -0.2) is 5.43 Å². The zero-order chi connectivity index (χ0) is 13.1. The van der Waals surface area contributed by atoms with Crippen LogP contribution in [0.25, 0.3) is 0 Å². The van der Waals surface area contributed by atoms with Gasteiger partial charge in [0.05, 0.1) is 17.8 Å². The van der Waals surface area contributed by atoms with Crippen LogP contribution in [0.15, 0.2) is 21.7 Å². The lowest BCUT2D eigenvalue weighted by atomic mass is 10.2. The number of phenols is 1. The summed E-state index contributed by atoms with van der Waals surface area (Å²) in [6, 6.07) is 3.32. The van der Waals surface area contributed by atoms with Crippen molar-refractivity contribution in [1.29, 1.82) is 0 Å². The summed E-state index contributed by atoms with van der Waals surface area (Å²) >= 11 is 3.21. The average Bonchev–Trinajstić information content (AvgIpc) is 3.17. The van der Waals surface area contributed by atoms with Crippen molar-refractivity contribution < 1.29 is 14.6 Å². The summed E-state index contributed by atoms with van der Waals surface area (Å²) in [5.41, 5.74) is 3.19. The van der Waals surface area contributed by atoms with Crippen molar-refractivity contribution in [2.45, 2.75) is 12.8 Å². The fourth-order valence-corrected chi connectivity index (χ4v) is 1.89. The monoisotopic (exact) mass is 312 g/mol. The second kappa shape index (κ2) is 5.39. The van der Waals surface area contributed by atoms with Gasteiger partial charge in [0, 0.05) is 5.92 Å². The largest absolute Gasteiger partial charge is 0.503 e. The van der Waals surface area contributed by atoms with E-state index in [1.165, 1.54) is 13.3 Å². The van der Waals surface area contributed by atoms with Crippen LogP contribution < -0.4 is 10.2 Å². The SMILES string of the molecule is COc1cc(/C=N/NC(=O)C2CC2)cc(Br)c1O. The van der Waals surface area contributed by atoms with Gasteiger partial charge in [0.25, 0.3) is 0 Å². The molecule has 0 aliphatic heterocycles. The second-order valence-electron chi connectivity index (χ2n) is 4.06. The lowest BCUT2D eigenvalue weighted by Crippen LogP contribution is -2.18. The third-order valence-electron chi connectivity index (χ3n) is 2.61. The van der Waals surface area contributed by atoms with E-state index in [1.807, 2.05) is 0 Å². The Hall–Kier alpha value is -1.56. The summed E-state index contributed by atoms with van der Waals surface area (Å²) in [6.45, 7) is 0. The number of phenolic OH excluding ortho intramolecular Hbond substituents is 1. The molecule has 0 unspecified atom stereocenters. The van der Waals surface area contributed by atoms with Crippen LogP contribution in [0.4, 0.5) is 0 Å². The van der Waals surface area contributed by atoms with Gasteiger partial charge < -0.3 is 9.84 Å². The minimum atomic E-state index is -0.0453. The molecule has 0 atom stereocenters. The fraction of sp³-hybridized carbons (Fsp3) is 0.333. The number of hydrogen-bond acceptors (Lipinski definition) is 4. The molecular formula is C12H13BrN2O3. The van der Waals surface area contributed by atoms with Gasteiger partial charge in [0.2, 0.25) is 5.91 Å². The zero-order valence-electron chi connectivity index (χ0n) is 9.81. The second-order valence-corrected chi connectivity index (χ2v) is 4.92. The van der Waals surface area contributed by atoms with Crippen molar-refractivity contribution in [2.75, 3.05) is 7.11 Å². The highest BCUT2D eigenvalue weighted by Crippen LogP contribution is 2.34. The normalized spacial score (nSPS) is 14.8. The number of carbonyl (C=O) groups excluding carboxylic acids is 1. The molecule has 1 saturated carbocycles. The smallest absolute Gasteiger partial charge is 0.243 e. The molecule has 0 heterocycles. The van der Waals surface area contributed by atoms with Gasteiger partial charge in [-0.15, -0.1) is 0 Å². The minimum Gasteiger partial charge on any atom is -0.503 e. The summed E-state index contributed by atoms with van der Waals surface area (Å²) < 4.78 is 5.52. The molecule has 0 radical (unpaired) electrons. The Morgan fingerprint density at radius 1 is 1.61 bits per heavy atom. The van der Waals surface area contributed by atoms with Crippen molar-refractivity contribution >= 4 is 28.1 Å². The van der Waals surface area contributed by atoms with Gasteiger partial charge in [0.15, 0.2) is 11.5 Å². The van der Waals surface area contributed by atoms with Gasteiger partial charge in [-0.3, -0.25) is 4.79 Å². The predicted molar refractivity (Wildman–Crippen MR) is 70.8 cm³/mol. The van der Waals surface area contributed by atoms with Crippen LogP contribution in [0.1, 0.15) is 18.4 Å². The molecule has 0 saturated heterocycles. The van der Waals surface area contributed by atoms with Gasteiger partial charge in [-0.1, -0.05) is 0 Å². The molecule has 1 aromatic rings. The highest BCUT2D eigenvalue weighted by Gasteiger charge is 2.29. The maximum Gasteiger partial charge on any atom is 0.243 e. The Kier molecular flexibility index (Phi) is 3.86. The van der Waals surface area contributed by atoms with Crippen LogP contribution >= 0.6 is 15.9 Å². The first-order valence-electron chi connectivity index (χ1n) is 5.51. The van der Waals surface area contributed by atoms with E-state index in [0.29, 0.717) is 15.8 Å². The Morgan fingerprint density at radius 3 is 2.94 bits per heavy atom. The maximum atomic E-state index is 11.3. The quantitative estimate of drug-likeness (QED) is 0.660. The molecule has 1 aliphatic carbocycles.